The number of rotatable bonds is 9. The Morgan fingerprint density at radius 3 is 2.00 bits per heavy atom. The van der Waals surface area contributed by atoms with Crippen LogP contribution in [0.3, 0.4) is 0 Å². The zero-order chi connectivity index (χ0) is 25.3. The van der Waals surface area contributed by atoms with E-state index in [2.05, 4.69) is 17.2 Å². The molecule has 0 bridgehead atoms. The fourth-order valence-corrected chi connectivity index (χ4v) is 3.34. The third-order valence-corrected chi connectivity index (χ3v) is 5.75. The van der Waals surface area contributed by atoms with Gasteiger partial charge in [0.2, 0.25) is 0 Å². The maximum Gasteiger partial charge on any atom is 0.254 e. The van der Waals surface area contributed by atoms with Crippen LogP contribution in [0.4, 0.5) is 0 Å². The molecule has 0 saturated carbocycles. The lowest BCUT2D eigenvalue weighted by Gasteiger charge is -2.35. The number of nitrogens with zero attached hydrogens (tertiary/aromatic N) is 1. The Morgan fingerprint density at radius 2 is 1.53 bits per heavy atom. The first kappa shape index (κ1) is 26.7. The predicted molar refractivity (Wildman–Crippen MR) is 127 cm³/mol. The SMILES string of the molecule is CNC(=O)[C@@](C)(C(=O)CO)N(C)C(=O)c1ccc(C#Cc2ccc([C@H](O)CCCO)cc2)cc1. The number of carbonyl (C=O) groups is 3. The minimum absolute atomic E-state index is 0.0372. The number of carbonyl (C=O) groups excluding carboxylic acids is 3. The van der Waals surface area contributed by atoms with E-state index >= 15 is 0 Å². The summed E-state index contributed by atoms with van der Waals surface area (Å²) in [5.74, 6) is 3.98. The second-order valence-electron chi connectivity index (χ2n) is 7.93. The van der Waals surface area contributed by atoms with Gasteiger partial charge in [-0.1, -0.05) is 24.0 Å². The van der Waals surface area contributed by atoms with E-state index in [4.69, 9.17) is 5.11 Å². The first-order chi connectivity index (χ1) is 16.2. The van der Waals surface area contributed by atoms with Gasteiger partial charge >= 0.3 is 0 Å². The summed E-state index contributed by atoms with van der Waals surface area (Å²) in [5.41, 5.74) is 0.579. The van der Waals surface area contributed by atoms with Crippen LogP contribution in [0.1, 0.15) is 52.9 Å². The van der Waals surface area contributed by atoms with Crippen LogP contribution in [0.2, 0.25) is 0 Å². The Labute approximate surface area is 199 Å². The molecule has 0 aliphatic heterocycles. The van der Waals surface area contributed by atoms with Crippen LogP contribution in [0, 0.1) is 11.8 Å². The van der Waals surface area contributed by atoms with E-state index in [-0.39, 0.29) is 12.2 Å². The smallest absolute Gasteiger partial charge is 0.254 e. The first-order valence-corrected chi connectivity index (χ1v) is 10.8. The molecule has 8 nitrogen and oxygen atoms in total. The summed E-state index contributed by atoms with van der Waals surface area (Å²) in [5, 5.41) is 30.6. The molecule has 34 heavy (non-hydrogen) atoms. The summed E-state index contributed by atoms with van der Waals surface area (Å²) >= 11 is 0. The van der Waals surface area contributed by atoms with Crippen LogP contribution in [0.5, 0.6) is 0 Å². The number of amides is 2. The lowest BCUT2D eigenvalue weighted by atomic mass is 9.92. The summed E-state index contributed by atoms with van der Waals surface area (Å²) in [4.78, 5) is 38.5. The summed E-state index contributed by atoms with van der Waals surface area (Å²) in [6.07, 6.45) is 0.383. The molecule has 2 rings (SSSR count). The summed E-state index contributed by atoms with van der Waals surface area (Å²) in [6.45, 7) is 0.452. The van der Waals surface area contributed by atoms with Gasteiger partial charge in [0.05, 0.1) is 6.10 Å². The van der Waals surface area contributed by atoms with E-state index in [0.717, 1.165) is 16.0 Å². The molecule has 2 amide bonds. The van der Waals surface area contributed by atoms with Crippen LogP contribution in [0.25, 0.3) is 0 Å². The Morgan fingerprint density at radius 1 is 1.00 bits per heavy atom. The zero-order valence-electron chi connectivity index (χ0n) is 19.5. The van der Waals surface area contributed by atoms with Crippen molar-refractivity contribution < 1.29 is 29.7 Å². The monoisotopic (exact) mass is 466 g/mol. The average Bonchev–Trinajstić information content (AvgIpc) is 2.88. The minimum Gasteiger partial charge on any atom is -0.396 e. The van der Waals surface area contributed by atoms with Crippen LogP contribution < -0.4 is 5.32 Å². The highest BCUT2D eigenvalue weighted by atomic mass is 16.3. The molecule has 0 aliphatic carbocycles. The van der Waals surface area contributed by atoms with Gasteiger partial charge in [0.1, 0.15) is 6.61 Å². The van der Waals surface area contributed by atoms with Crippen LogP contribution >= 0.6 is 0 Å². The number of benzene rings is 2. The maximum atomic E-state index is 12.9. The molecule has 2 atom stereocenters. The number of aliphatic hydroxyl groups is 3. The van der Waals surface area contributed by atoms with E-state index in [1.54, 1.807) is 48.5 Å². The molecule has 0 heterocycles. The Balaban J connectivity index is 2.15. The molecule has 0 unspecified atom stereocenters. The van der Waals surface area contributed by atoms with Crippen molar-refractivity contribution >= 4 is 17.6 Å². The topological polar surface area (TPSA) is 127 Å². The molecular formula is C26H30N2O6. The molecule has 0 saturated heterocycles. The first-order valence-electron chi connectivity index (χ1n) is 10.8. The Kier molecular flexibility index (Phi) is 9.51. The molecule has 2 aromatic carbocycles. The minimum atomic E-state index is -1.85. The van der Waals surface area contributed by atoms with Crippen molar-refractivity contribution in [1.82, 2.24) is 10.2 Å². The number of hydrogen-bond acceptors (Lipinski definition) is 6. The van der Waals surface area contributed by atoms with Crippen molar-refractivity contribution in [3.8, 4) is 11.8 Å². The van der Waals surface area contributed by atoms with Gasteiger partial charge in [-0.3, -0.25) is 14.4 Å². The third kappa shape index (κ3) is 6.08. The van der Waals surface area contributed by atoms with Gasteiger partial charge in [0, 0.05) is 37.4 Å². The van der Waals surface area contributed by atoms with E-state index in [1.807, 2.05) is 0 Å². The molecule has 0 fully saturated rings. The van der Waals surface area contributed by atoms with Crippen molar-refractivity contribution in [2.24, 2.45) is 0 Å². The zero-order valence-corrected chi connectivity index (χ0v) is 19.5. The Bertz CT molecular complexity index is 1050. The van der Waals surface area contributed by atoms with E-state index in [0.29, 0.717) is 18.4 Å². The van der Waals surface area contributed by atoms with Crippen molar-refractivity contribution in [2.75, 3.05) is 27.3 Å². The molecule has 4 N–H and O–H groups in total. The van der Waals surface area contributed by atoms with Crippen LogP contribution in [-0.2, 0) is 9.59 Å². The fraction of sp³-hybridized carbons (Fsp3) is 0.346. The van der Waals surface area contributed by atoms with Gasteiger partial charge in [-0.25, -0.2) is 0 Å². The van der Waals surface area contributed by atoms with Gasteiger partial charge < -0.3 is 25.5 Å². The Hall–Kier alpha value is -3.51. The van der Waals surface area contributed by atoms with Gasteiger partial charge in [-0.15, -0.1) is 0 Å². The molecule has 8 heteroatoms. The van der Waals surface area contributed by atoms with Crippen LogP contribution in [0.15, 0.2) is 48.5 Å². The molecule has 0 radical (unpaired) electrons. The summed E-state index contributed by atoms with van der Waals surface area (Å²) in [7, 11) is 2.69. The molecule has 0 spiro atoms. The predicted octanol–water partition coefficient (Wildman–Crippen LogP) is 1.03. The van der Waals surface area contributed by atoms with Gasteiger partial charge in [-0.2, -0.15) is 0 Å². The number of Topliss-reactive ketones (excluding diaryl/α,β-unsaturated/α-hetero) is 1. The largest absolute Gasteiger partial charge is 0.396 e. The second kappa shape index (κ2) is 12.1. The number of hydrogen-bond donors (Lipinski definition) is 4. The lowest BCUT2D eigenvalue weighted by Crippen LogP contribution is -2.62. The van der Waals surface area contributed by atoms with Crippen molar-refractivity contribution in [3.05, 3.63) is 70.8 Å². The van der Waals surface area contributed by atoms with Crippen molar-refractivity contribution in [2.45, 2.75) is 31.4 Å². The molecule has 0 aliphatic rings. The average molecular weight is 467 g/mol. The molecule has 0 aromatic heterocycles. The van der Waals surface area contributed by atoms with Gasteiger partial charge in [0.25, 0.3) is 11.8 Å². The molecular weight excluding hydrogens is 436 g/mol. The number of nitrogens with one attached hydrogen (secondary N) is 1. The van der Waals surface area contributed by atoms with Crippen molar-refractivity contribution in [1.29, 1.82) is 0 Å². The van der Waals surface area contributed by atoms with Gasteiger partial charge in [-0.05, 0) is 61.7 Å². The normalized spacial score (nSPS) is 13.1. The van der Waals surface area contributed by atoms with E-state index in [9.17, 15) is 24.6 Å². The second-order valence-corrected chi connectivity index (χ2v) is 7.93. The van der Waals surface area contributed by atoms with E-state index in [1.165, 1.54) is 21.0 Å². The highest BCUT2D eigenvalue weighted by molar-refractivity contribution is 6.14. The third-order valence-electron chi connectivity index (χ3n) is 5.75. The quantitative estimate of drug-likeness (QED) is 0.323. The number of aliphatic hydroxyl groups excluding tert-OH is 3. The van der Waals surface area contributed by atoms with Crippen LogP contribution in [-0.4, -0.2) is 70.7 Å². The fourth-order valence-electron chi connectivity index (χ4n) is 3.34. The lowest BCUT2D eigenvalue weighted by molar-refractivity contribution is -0.143. The number of likely N-dealkylation sites (N-methyl/N-ethyl adjacent to an activating group) is 2. The van der Waals surface area contributed by atoms with E-state index < -0.39 is 35.8 Å². The maximum absolute atomic E-state index is 12.9. The summed E-state index contributed by atoms with van der Waals surface area (Å²) < 4.78 is 0. The standard InChI is InChI=1S/C26H30N2O6/c1-26(23(32)17-30,25(34)27-2)28(3)24(33)21-14-10-19(11-15-21)7-6-18-8-12-20(13-9-18)22(31)5-4-16-29/h8-15,22,29-31H,4-5,16-17H2,1-3H3,(H,27,34)/t22-,26-/m1/s1. The molecule has 2 aromatic rings. The highest BCUT2D eigenvalue weighted by Gasteiger charge is 2.46. The summed E-state index contributed by atoms with van der Waals surface area (Å²) in [6, 6.07) is 13.6. The van der Waals surface area contributed by atoms with Crippen molar-refractivity contribution in [3.63, 3.8) is 0 Å². The highest BCUT2D eigenvalue weighted by Crippen LogP contribution is 2.20. The molecule has 180 valence electrons. The van der Waals surface area contributed by atoms with Gasteiger partial charge in [0.15, 0.2) is 11.3 Å². The number of ketones is 1.